The molecule has 0 unspecified atom stereocenters. The molecule has 5 atom stereocenters. The molecule has 1 aliphatic carbocycles. The van der Waals surface area contributed by atoms with Gasteiger partial charge in [-0.2, -0.15) is 0 Å². The lowest BCUT2D eigenvalue weighted by atomic mass is 9.66. The van der Waals surface area contributed by atoms with Crippen LogP contribution in [0.5, 0.6) is 0 Å². The van der Waals surface area contributed by atoms with Gasteiger partial charge in [-0.3, -0.25) is 0 Å². The number of hydrogen-bond acceptors (Lipinski definition) is 2. The molecule has 2 aliphatic heterocycles. The molecule has 2 heteroatoms. The zero-order valence-corrected chi connectivity index (χ0v) is 11.6. The molecule has 2 bridgehead atoms. The molecule has 3 aliphatic rings. The SMILES string of the molecule is CC(C)[C@H]1CC[C@]2(C)C[C@@H](O)[C@]3(C)CC[C@]12O3. The van der Waals surface area contributed by atoms with Crippen LogP contribution in [-0.2, 0) is 4.74 Å². The summed E-state index contributed by atoms with van der Waals surface area (Å²) in [4.78, 5) is 0. The third kappa shape index (κ3) is 1.29. The highest BCUT2D eigenvalue weighted by Crippen LogP contribution is 2.67. The Balaban J connectivity index is 2.03. The van der Waals surface area contributed by atoms with Gasteiger partial charge in [-0.15, -0.1) is 0 Å². The first-order chi connectivity index (χ1) is 7.83. The predicted octanol–water partition coefficient (Wildman–Crippen LogP) is 3.13. The Labute approximate surface area is 105 Å². The minimum absolute atomic E-state index is 0.0646. The van der Waals surface area contributed by atoms with Crippen molar-refractivity contribution in [2.75, 3.05) is 0 Å². The van der Waals surface area contributed by atoms with Gasteiger partial charge in [-0.05, 0) is 56.3 Å². The summed E-state index contributed by atoms with van der Waals surface area (Å²) in [5.74, 6) is 1.37. The Morgan fingerprint density at radius 2 is 1.88 bits per heavy atom. The van der Waals surface area contributed by atoms with Crippen LogP contribution in [0.4, 0.5) is 0 Å². The number of aliphatic hydroxyl groups is 1. The van der Waals surface area contributed by atoms with E-state index in [2.05, 4.69) is 27.7 Å². The Bertz CT molecular complexity index is 340. The summed E-state index contributed by atoms with van der Waals surface area (Å²) in [5, 5.41) is 10.4. The lowest BCUT2D eigenvalue weighted by Crippen LogP contribution is -2.58. The van der Waals surface area contributed by atoms with E-state index in [1.54, 1.807) is 0 Å². The number of ether oxygens (including phenoxy) is 1. The van der Waals surface area contributed by atoms with Crippen LogP contribution in [0.15, 0.2) is 0 Å². The third-order valence-electron chi connectivity index (χ3n) is 6.19. The van der Waals surface area contributed by atoms with E-state index in [-0.39, 0.29) is 22.7 Å². The van der Waals surface area contributed by atoms with Gasteiger partial charge in [-0.1, -0.05) is 20.8 Å². The van der Waals surface area contributed by atoms with E-state index in [0.717, 1.165) is 19.3 Å². The molecule has 17 heavy (non-hydrogen) atoms. The van der Waals surface area contributed by atoms with E-state index in [0.29, 0.717) is 11.8 Å². The van der Waals surface area contributed by atoms with E-state index in [1.807, 2.05) is 0 Å². The molecule has 2 saturated heterocycles. The van der Waals surface area contributed by atoms with Crippen molar-refractivity contribution in [3.63, 3.8) is 0 Å². The average molecular weight is 238 g/mol. The van der Waals surface area contributed by atoms with Crippen LogP contribution in [0.2, 0.25) is 0 Å². The number of hydrogen-bond donors (Lipinski definition) is 1. The maximum atomic E-state index is 10.4. The minimum atomic E-state index is -0.269. The molecule has 1 saturated carbocycles. The fourth-order valence-corrected chi connectivity index (χ4v) is 5.03. The predicted molar refractivity (Wildman–Crippen MR) is 67.7 cm³/mol. The first kappa shape index (κ1) is 12.0. The van der Waals surface area contributed by atoms with Crippen molar-refractivity contribution in [2.45, 2.75) is 77.1 Å². The second-order valence-electron chi connectivity index (χ2n) is 7.47. The van der Waals surface area contributed by atoms with Crippen molar-refractivity contribution >= 4 is 0 Å². The molecule has 3 fully saturated rings. The third-order valence-corrected chi connectivity index (χ3v) is 6.19. The Kier molecular flexibility index (Phi) is 2.30. The van der Waals surface area contributed by atoms with Gasteiger partial charge in [0.05, 0.1) is 17.3 Å². The number of aliphatic hydroxyl groups excluding tert-OH is 1. The first-order valence-corrected chi connectivity index (χ1v) is 7.21. The summed E-state index contributed by atoms with van der Waals surface area (Å²) < 4.78 is 6.54. The fraction of sp³-hybridized carbons (Fsp3) is 1.00. The Morgan fingerprint density at radius 1 is 1.18 bits per heavy atom. The minimum Gasteiger partial charge on any atom is -0.390 e. The van der Waals surface area contributed by atoms with Crippen LogP contribution in [-0.4, -0.2) is 22.4 Å². The molecule has 0 amide bonds. The van der Waals surface area contributed by atoms with E-state index < -0.39 is 0 Å². The molecular weight excluding hydrogens is 212 g/mol. The van der Waals surface area contributed by atoms with Crippen molar-refractivity contribution in [2.24, 2.45) is 17.3 Å². The number of fused-ring (bicyclic) bond motifs is 1. The van der Waals surface area contributed by atoms with Gasteiger partial charge < -0.3 is 9.84 Å². The van der Waals surface area contributed by atoms with Crippen LogP contribution in [0.3, 0.4) is 0 Å². The zero-order valence-electron chi connectivity index (χ0n) is 11.6. The van der Waals surface area contributed by atoms with Gasteiger partial charge in [0.15, 0.2) is 0 Å². The highest BCUT2D eigenvalue weighted by atomic mass is 16.5. The molecule has 0 aromatic rings. The highest BCUT2D eigenvalue weighted by Gasteiger charge is 2.69. The Morgan fingerprint density at radius 3 is 2.53 bits per heavy atom. The maximum Gasteiger partial charge on any atom is 0.0921 e. The lowest BCUT2D eigenvalue weighted by Gasteiger charge is -2.52. The summed E-state index contributed by atoms with van der Waals surface area (Å²) in [7, 11) is 0. The molecule has 98 valence electrons. The van der Waals surface area contributed by atoms with Crippen LogP contribution in [0.25, 0.3) is 0 Å². The van der Waals surface area contributed by atoms with Crippen molar-refractivity contribution in [1.82, 2.24) is 0 Å². The highest BCUT2D eigenvalue weighted by molar-refractivity contribution is 5.18. The molecule has 0 radical (unpaired) electrons. The quantitative estimate of drug-likeness (QED) is 0.760. The number of rotatable bonds is 1. The summed E-state index contributed by atoms with van der Waals surface area (Å²) >= 11 is 0. The van der Waals surface area contributed by atoms with Gasteiger partial charge in [0, 0.05) is 0 Å². The largest absolute Gasteiger partial charge is 0.390 e. The molecule has 3 rings (SSSR count). The topological polar surface area (TPSA) is 29.5 Å². The summed E-state index contributed by atoms with van der Waals surface area (Å²) in [6.45, 7) is 9.12. The van der Waals surface area contributed by atoms with Crippen LogP contribution < -0.4 is 0 Å². The van der Waals surface area contributed by atoms with Crippen molar-refractivity contribution < 1.29 is 9.84 Å². The fourth-order valence-electron chi connectivity index (χ4n) is 5.03. The molecule has 1 spiro atoms. The summed E-state index contributed by atoms with van der Waals surface area (Å²) in [6, 6.07) is 0. The molecule has 2 nitrogen and oxygen atoms in total. The standard InChI is InChI=1S/C15H26O2/c1-10(2)11-5-6-13(3)9-12(16)14(4)7-8-15(11,13)17-14/h10-12,16H,5-9H2,1-4H3/t11-,12-,13-,14+,15+/m1/s1. The van der Waals surface area contributed by atoms with Gasteiger partial charge in [0.25, 0.3) is 0 Å². The van der Waals surface area contributed by atoms with E-state index in [1.165, 1.54) is 12.8 Å². The van der Waals surface area contributed by atoms with Gasteiger partial charge >= 0.3 is 0 Å². The maximum absolute atomic E-state index is 10.4. The average Bonchev–Trinajstić information content (AvgIpc) is 2.68. The van der Waals surface area contributed by atoms with Crippen LogP contribution in [0, 0.1) is 17.3 Å². The van der Waals surface area contributed by atoms with Gasteiger partial charge in [0.2, 0.25) is 0 Å². The van der Waals surface area contributed by atoms with E-state index in [4.69, 9.17) is 4.74 Å². The van der Waals surface area contributed by atoms with Gasteiger partial charge in [0.1, 0.15) is 0 Å². The monoisotopic (exact) mass is 238 g/mol. The smallest absolute Gasteiger partial charge is 0.0921 e. The van der Waals surface area contributed by atoms with Crippen LogP contribution in [0.1, 0.15) is 59.8 Å². The molecular formula is C15H26O2. The van der Waals surface area contributed by atoms with E-state index in [9.17, 15) is 5.11 Å². The molecule has 0 aromatic heterocycles. The van der Waals surface area contributed by atoms with E-state index >= 15 is 0 Å². The molecule has 0 aromatic carbocycles. The molecule has 1 N–H and O–H groups in total. The van der Waals surface area contributed by atoms with Crippen molar-refractivity contribution in [3.8, 4) is 0 Å². The van der Waals surface area contributed by atoms with Crippen LogP contribution >= 0.6 is 0 Å². The van der Waals surface area contributed by atoms with Crippen molar-refractivity contribution in [1.29, 1.82) is 0 Å². The normalized spacial score (nSPS) is 57.5. The zero-order chi connectivity index (χ0) is 12.5. The Hall–Kier alpha value is -0.0800. The first-order valence-electron chi connectivity index (χ1n) is 7.21. The second-order valence-corrected chi connectivity index (χ2v) is 7.47. The van der Waals surface area contributed by atoms with Gasteiger partial charge in [-0.25, -0.2) is 0 Å². The second kappa shape index (κ2) is 3.27. The molecule has 2 heterocycles. The summed E-state index contributed by atoms with van der Waals surface area (Å²) in [6.07, 6.45) is 5.36. The van der Waals surface area contributed by atoms with Crippen molar-refractivity contribution in [3.05, 3.63) is 0 Å². The summed E-state index contributed by atoms with van der Waals surface area (Å²) in [5.41, 5.74) is 0.00347. The lowest BCUT2D eigenvalue weighted by molar-refractivity contribution is -0.246.